The molecule has 0 bridgehead atoms. The maximum absolute atomic E-state index is 13.4. The fourth-order valence-electron chi connectivity index (χ4n) is 4.26. The van der Waals surface area contributed by atoms with Gasteiger partial charge in [-0.2, -0.15) is 0 Å². The summed E-state index contributed by atoms with van der Waals surface area (Å²) in [5.74, 6) is -0.281. The van der Waals surface area contributed by atoms with Crippen LogP contribution in [0.3, 0.4) is 0 Å². The van der Waals surface area contributed by atoms with Crippen molar-refractivity contribution in [1.82, 2.24) is 4.90 Å². The molecule has 1 atom stereocenters. The first-order valence-electron chi connectivity index (χ1n) is 11.5. The molecule has 10 nitrogen and oxygen atoms in total. The zero-order chi connectivity index (χ0) is 25.9. The Labute approximate surface area is 212 Å². The number of benzene rings is 3. The molecule has 37 heavy (non-hydrogen) atoms. The molecule has 1 saturated heterocycles. The maximum atomic E-state index is 13.4. The first-order valence-corrected chi connectivity index (χ1v) is 11.5. The number of imide groups is 1. The van der Waals surface area contributed by atoms with Gasteiger partial charge < -0.3 is 24.4 Å². The maximum Gasteiger partial charge on any atom is 0.337 e. The summed E-state index contributed by atoms with van der Waals surface area (Å²) in [4.78, 5) is 53.9. The van der Waals surface area contributed by atoms with Crippen molar-refractivity contribution in [2.24, 2.45) is 0 Å². The Balaban J connectivity index is 1.37. The first kappa shape index (κ1) is 23.9. The summed E-state index contributed by atoms with van der Waals surface area (Å²) < 4.78 is 15.5. The Kier molecular flexibility index (Phi) is 6.46. The topological polar surface area (TPSA) is 114 Å². The molecule has 0 spiro atoms. The number of fused-ring (bicyclic) bond motifs is 1. The lowest BCUT2D eigenvalue weighted by Gasteiger charge is -2.22. The molecule has 0 radical (unpaired) electrons. The van der Waals surface area contributed by atoms with Crippen molar-refractivity contribution in [1.29, 1.82) is 0 Å². The predicted molar refractivity (Wildman–Crippen MR) is 132 cm³/mol. The summed E-state index contributed by atoms with van der Waals surface area (Å²) in [7, 11) is 1.28. The number of ether oxygens (including phenoxy) is 3. The molecule has 0 aromatic heterocycles. The van der Waals surface area contributed by atoms with E-state index < -0.39 is 29.9 Å². The molecule has 0 aliphatic carbocycles. The summed E-state index contributed by atoms with van der Waals surface area (Å²) in [5.41, 5.74) is 1.93. The van der Waals surface area contributed by atoms with Crippen LogP contribution < -0.4 is 19.7 Å². The average Bonchev–Trinajstić information content (AvgIpc) is 3.47. The summed E-state index contributed by atoms with van der Waals surface area (Å²) in [6.07, 6.45) is -0.253. The van der Waals surface area contributed by atoms with Gasteiger partial charge in [0.1, 0.15) is 6.04 Å². The third kappa shape index (κ3) is 4.81. The standard InChI is InChI=1S/C27H23N3O7/c1-35-26(33)18-8-10-19(11-9-18)28-24(31)14-21-25(32)30(20-5-3-2-4-6-20)27(34)29(21)15-17-7-12-22-23(13-17)37-16-36-22/h2-13,21H,14-16H2,1H3,(H,28,31)/t21-/m0/s1. The lowest BCUT2D eigenvalue weighted by molar-refractivity contribution is -0.124. The molecule has 2 heterocycles. The van der Waals surface area contributed by atoms with E-state index in [9.17, 15) is 19.2 Å². The van der Waals surface area contributed by atoms with Crippen LogP contribution in [0.2, 0.25) is 0 Å². The van der Waals surface area contributed by atoms with Crippen LogP contribution in [0.4, 0.5) is 16.2 Å². The van der Waals surface area contributed by atoms with Crippen LogP contribution >= 0.6 is 0 Å². The number of anilines is 2. The van der Waals surface area contributed by atoms with Gasteiger partial charge >= 0.3 is 12.0 Å². The second kappa shape index (κ2) is 10.0. The van der Waals surface area contributed by atoms with Crippen molar-refractivity contribution in [2.75, 3.05) is 24.1 Å². The van der Waals surface area contributed by atoms with Gasteiger partial charge in [-0.15, -0.1) is 0 Å². The predicted octanol–water partition coefficient (Wildman–Crippen LogP) is 3.57. The van der Waals surface area contributed by atoms with Gasteiger partial charge in [-0.05, 0) is 54.1 Å². The van der Waals surface area contributed by atoms with E-state index >= 15 is 0 Å². The minimum atomic E-state index is -1.02. The number of rotatable bonds is 7. The van der Waals surface area contributed by atoms with Crippen LogP contribution in [-0.2, 0) is 20.9 Å². The second-order valence-corrected chi connectivity index (χ2v) is 8.44. The van der Waals surface area contributed by atoms with E-state index in [0.717, 1.165) is 10.5 Å². The molecule has 1 fully saturated rings. The minimum absolute atomic E-state index is 0.0936. The molecular formula is C27H23N3O7. The molecule has 188 valence electrons. The van der Waals surface area contributed by atoms with Crippen LogP contribution in [0, 0.1) is 0 Å². The molecule has 3 aromatic rings. The van der Waals surface area contributed by atoms with Crippen molar-refractivity contribution in [3.8, 4) is 11.5 Å². The number of esters is 1. The molecule has 0 unspecified atom stereocenters. The average molecular weight is 501 g/mol. The van der Waals surface area contributed by atoms with Crippen molar-refractivity contribution in [3.05, 3.63) is 83.9 Å². The quantitative estimate of drug-likeness (QED) is 0.389. The van der Waals surface area contributed by atoms with E-state index in [1.165, 1.54) is 24.1 Å². The van der Waals surface area contributed by atoms with E-state index in [0.29, 0.717) is 28.4 Å². The highest BCUT2D eigenvalue weighted by Gasteiger charge is 2.46. The number of carbonyl (C=O) groups is 4. The number of methoxy groups -OCH3 is 1. The highest BCUT2D eigenvalue weighted by Crippen LogP contribution is 2.34. The van der Waals surface area contributed by atoms with Crippen molar-refractivity contribution in [2.45, 2.75) is 19.0 Å². The van der Waals surface area contributed by atoms with Gasteiger partial charge in [0, 0.05) is 12.2 Å². The van der Waals surface area contributed by atoms with Crippen LogP contribution in [0.5, 0.6) is 11.5 Å². The first-order chi connectivity index (χ1) is 17.9. The van der Waals surface area contributed by atoms with E-state index in [4.69, 9.17) is 9.47 Å². The molecule has 4 amide bonds. The van der Waals surface area contributed by atoms with Gasteiger partial charge in [0.25, 0.3) is 5.91 Å². The van der Waals surface area contributed by atoms with Gasteiger partial charge in [-0.25, -0.2) is 14.5 Å². The van der Waals surface area contributed by atoms with Gasteiger partial charge in [0.15, 0.2) is 11.5 Å². The van der Waals surface area contributed by atoms with E-state index in [-0.39, 0.29) is 19.8 Å². The molecule has 2 aliphatic rings. The van der Waals surface area contributed by atoms with Gasteiger partial charge in [0.05, 0.1) is 24.8 Å². The number of amides is 4. The summed E-state index contributed by atoms with van der Waals surface area (Å²) in [6, 6.07) is 18.5. The van der Waals surface area contributed by atoms with Gasteiger partial charge in [-0.3, -0.25) is 9.59 Å². The lowest BCUT2D eigenvalue weighted by Crippen LogP contribution is -2.37. The van der Waals surface area contributed by atoms with E-state index in [2.05, 4.69) is 10.1 Å². The Morgan fingerprint density at radius 1 is 0.973 bits per heavy atom. The van der Waals surface area contributed by atoms with Crippen molar-refractivity contribution < 1.29 is 33.4 Å². The zero-order valence-electron chi connectivity index (χ0n) is 19.9. The number of hydrogen-bond acceptors (Lipinski definition) is 7. The van der Waals surface area contributed by atoms with Crippen molar-refractivity contribution >= 4 is 35.2 Å². The van der Waals surface area contributed by atoms with E-state index in [1.54, 1.807) is 60.7 Å². The van der Waals surface area contributed by atoms with Crippen LogP contribution in [0.1, 0.15) is 22.3 Å². The van der Waals surface area contributed by atoms with Gasteiger partial charge in [0.2, 0.25) is 12.7 Å². The Hall–Kier alpha value is -4.86. The SMILES string of the molecule is COC(=O)c1ccc(NC(=O)C[C@H]2C(=O)N(c3ccccc3)C(=O)N2Cc2ccc3c(c2)OCO3)cc1. The number of hydrogen-bond donors (Lipinski definition) is 1. The molecule has 2 aliphatic heterocycles. The molecule has 3 aromatic carbocycles. The Bertz CT molecular complexity index is 1360. The fraction of sp³-hybridized carbons (Fsp3) is 0.185. The third-order valence-corrected chi connectivity index (χ3v) is 6.09. The van der Waals surface area contributed by atoms with E-state index in [1.807, 2.05) is 0 Å². The highest BCUT2D eigenvalue weighted by molar-refractivity contribution is 6.22. The number of para-hydroxylation sites is 1. The van der Waals surface area contributed by atoms with Crippen molar-refractivity contribution in [3.63, 3.8) is 0 Å². The molecule has 0 saturated carbocycles. The molecule has 1 N–H and O–H groups in total. The van der Waals surface area contributed by atoms with Crippen LogP contribution in [0.15, 0.2) is 72.8 Å². The number of urea groups is 1. The lowest BCUT2D eigenvalue weighted by atomic mass is 10.1. The van der Waals surface area contributed by atoms with Crippen LogP contribution in [0.25, 0.3) is 0 Å². The molecule has 10 heteroatoms. The summed E-state index contributed by atoms with van der Waals surface area (Å²) in [5, 5.41) is 2.73. The number of nitrogens with zero attached hydrogens (tertiary/aromatic N) is 2. The monoisotopic (exact) mass is 501 g/mol. The third-order valence-electron chi connectivity index (χ3n) is 6.09. The second-order valence-electron chi connectivity index (χ2n) is 8.44. The number of carbonyl (C=O) groups excluding carboxylic acids is 4. The fourth-order valence-corrected chi connectivity index (χ4v) is 4.26. The normalized spacial score (nSPS) is 16.2. The summed E-state index contributed by atoms with van der Waals surface area (Å²) in [6.45, 7) is 0.210. The largest absolute Gasteiger partial charge is 0.465 e. The highest BCUT2D eigenvalue weighted by atomic mass is 16.7. The minimum Gasteiger partial charge on any atom is -0.465 e. The zero-order valence-corrected chi connectivity index (χ0v) is 19.9. The molecular weight excluding hydrogens is 478 g/mol. The molecule has 5 rings (SSSR count). The van der Waals surface area contributed by atoms with Gasteiger partial charge in [-0.1, -0.05) is 24.3 Å². The summed E-state index contributed by atoms with van der Waals surface area (Å²) >= 11 is 0. The Morgan fingerprint density at radius 3 is 2.43 bits per heavy atom. The van der Waals surface area contributed by atoms with Crippen LogP contribution in [-0.4, -0.2) is 48.7 Å². The Morgan fingerprint density at radius 2 is 1.70 bits per heavy atom. The smallest absolute Gasteiger partial charge is 0.337 e. The number of nitrogens with one attached hydrogen (secondary N) is 1.